The van der Waals surface area contributed by atoms with Crippen LogP contribution in [0, 0.1) is 0 Å². The SMILES string of the molecule is CCOC(=O)N1CCN(C(=O)[C@H](CCC(=O)O)NC(=O)c2cc(OCC(=O)N3CCCC(O)C3)c3ccccc3n2)CC1. The van der Waals surface area contributed by atoms with Crippen LogP contribution in [0.1, 0.15) is 43.1 Å². The highest BCUT2D eigenvalue weighted by molar-refractivity contribution is 5.99. The number of β-amino-alcohol motifs (C(OH)–C–C–N with tert-alkyl or cyclic N) is 1. The number of amides is 4. The summed E-state index contributed by atoms with van der Waals surface area (Å²) in [4.78, 5) is 71.8. The Hall–Kier alpha value is -4.46. The number of nitrogens with one attached hydrogen (secondary N) is 1. The van der Waals surface area contributed by atoms with Crippen LogP contribution in [0.5, 0.6) is 5.75 Å². The Morgan fingerprint density at radius 2 is 1.77 bits per heavy atom. The van der Waals surface area contributed by atoms with Gasteiger partial charge in [0.15, 0.2) is 6.61 Å². The summed E-state index contributed by atoms with van der Waals surface area (Å²) in [6.45, 7) is 3.27. The van der Waals surface area contributed by atoms with E-state index in [1.165, 1.54) is 20.8 Å². The summed E-state index contributed by atoms with van der Waals surface area (Å²) in [5.74, 6) is -2.36. The second kappa shape index (κ2) is 14.6. The molecule has 1 unspecified atom stereocenters. The number of benzene rings is 1. The van der Waals surface area contributed by atoms with Crippen molar-refractivity contribution in [1.29, 1.82) is 0 Å². The van der Waals surface area contributed by atoms with Crippen LogP contribution in [0.3, 0.4) is 0 Å². The number of carbonyl (C=O) groups excluding carboxylic acids is 4. The van der Waals surface area contributed by atoms with Gasteiger partial charge in [-0.3, -0.25) is 19.2 Å². The first-order chi connectivity index (χ1) is 20.7. The average Bonchev–Trinajstić information content (AvgIpc) is 3.01. The molecule has 4 amide bonds. The molecular weight excluding hydrogens is 562 g/mol. The maximum absolute atomic E-state index is 13.4. The fourth-order valence-electron chi connectivity index (χ4n) is 5.09. The maximum atomic E-state index is 13.4. The van der Waals surface area contributed by atoms with E-state index in [0.717, 1.165) is 0 Å². The van der Waals surface area contributed by atoms with Gasteiger partial charge in [0, 0.05) is 57.1 Å². The Bertz CT molecular complexity index is 1340. The van der Waals surface area contributed by atoms with Gasteiger partial charge in [-0.2, -0.15) is 0 Å². The van der Waals surface area contributed by atoms with Crippen LogP contribution >= 0.6 is 0 Å². The monoisotopic (exact) mass is 599 g/mol. The lowest BCUT2D eigenvalue weighted by atomic mass is 10.1. The number of rotatable bonds is 10. The minimum atomic E-state index is -1.15. The number of carboxylic acids is 1. The van der Waals surface area contributed by atoms with Crippen molar-refractivity contribution >= 4 is 40.7 Å². The van der Waals surface area contributed by atoms with Gasteiger partial charge < -0.3 is 39.7 Å². The Morgan fingerprint density at radius 1 is 1.05 bits per heavy atom. The van der Waals surface area contributed by atoms with E-state index in [2.05, 4.69) is 10.3 Å². The molecule has 0 saturated carbocycles. The summed E-state index contributed by atoms with van der Waals surface area (Å²) in [6, 6.07) is 7.15. The van der Waals surface area contributed by atoms with Gasteiger partial charge in [0.1, 0.15) is 17.5 Å². The van der Waals surface area contributed by atoms with Crippen LogP contribution in [-0.2, 0) is 19.1 Å². The van der Waals surface area contributed by atoms with Crippen LogP contribution in [0.4, 0.5) is 4.79 Å². The first kappa shape index (κ1) is 31.5. The molecule has 1 aromatic heterocycles. The second-order valence-electron chi connectivity index (χ2n) is 10.4. The molecule has 3 N–H and O–H groups in total. The van der Waals surface area contributed by atoms with Crippen LogP contribution in [0.2, 0.25) is 0 Å². The number of aromatic nitrogens is 1. The first-order valence-electron chi connectivity index (χ1n) is 14.4. The summed E-state index contributed by atoms with van der Waals surface area (Å²) in [7, 11) is 0. The van der Waals surface area contributed by atoms with Gasteiger partial charge in [0.25, 0.3) is 11.8 Å². The minimum Gasteiger partial charge on any atom is -0.483 e. The number of aliphatic hydroxyl groups is 1. The highest BCUT2D eigenvalue weighted by Gasteiger charge is 2.31. The number of piperazine rings is 1. The van der Waals surface area contributed by atoms with Gasteiger partial charge in [0.05, 0.1) is 18.2 Å². The molecule has 1 aromatic carbocycles. The summed E-state index contributed by atoms with van der Waals surface area (Å²) < 4.78 is 10.9. The smallest absolute Gasteiger partial charge is 0.409 e. The van der Waals surface area contributed by atoms with E-state index in [1.54, 1.807) is 31.2 Å². The number of fused-ring (bicyclic) bond motifs is 1. The van der Waals surface area contributed by atoms with Crippen molar-refractivity contribution in [2.75, 3.05) is 52.5 Å². The van der Waals surface area contributed by atoms with Crippen molar-refractivity contribution in [3.05, 3.63) is 36.0 Å². The molecular formula is C29H37N5O9. The highest BCUT2D eigenvalue weighted by Crippen LogP contribution is 2.26. The number of carbonyl (C=O) groups is 5. The Kier molecular flexibility index (Phi) is 10.7. The van der Waals surface area contributed by atoms with Crippen molar-refractivity contribution < 1.29 is 43.7 Å². The third-order valence-corrected chi connectivity index (χ3v) is 7.38. The lowest BCUT2D eigenvalue weighted by molar-refractivity contribution is -0.138. The third-order valence-electron chi connectivity index (χ3n) is 7.38. The zero-order valence-electron chi connectivity index (χ0n) is 24.1. The number of likely N-dealkylation sites (tertiary alicyclic amines) is 1. The van der Waals surface area contributed by atoms with Crippen molar-refractivity contribution in [3.63, 3.8) is 0 Å². The van der Waals surface area contributed by atoms with E-state index in [-0.39, 0.29) is 76.1 Å². The summed E-state index contributed by atoms with van der Waals surface area (Å²) in [5.41, 5.74) is 0.351. The lowest BCUT2D eigenvalue weighted by Gasteiger charge is -2.35. The van der Waals surface area contributed by atoms with E-state index in [0.29, 0.717) is 30.3 Å². The molecule has 14 nitrogen and oxygen atoms in total. The average molecular weight is 600 g/mol. The number of aliphatic carboxylic acids is 1. The zero-order valence-corrected chi connectivity index (χ0v) is 24.1. The van der Waals surface area contributed by atoms with Gasteiger partial charge in [-0.05, 0) is 38.3 Å². The Labute approximate surface area is 248 Å². The van der Waals surface area contributed by atoms with Crippen LogP contribution in [0.25, 0.3) is 10.9 Å². The second-order valence-corrected chi connectivity index (χ2v) is 10.4. The lowest BCUT2D eigenvalue weighted by Crippen LogP contribution is -2.56. The molecule has 0 bridgehead atoms. The first-order valence-corrected chi connectivity index (χ1v) is 14.4. The number of piperidine rings is 1. The van der Waals surface area contributed by atoms with Crippen molar-refractivity contribution in [3.8, 4) is 5.75 Å². The normalized spacial score (nSPS) is 17.7. The molecule has 2 aliphatic heterocycles. The molecule has 43 heavy (non-hydrogen) atoms. The molecule has 0 radical (unpaired) electrons. The number of nitrogens with zero attached hydrogens (tertiary/aromatic N) is 4. The van der Waals surface area contributed by atoms with Crippen LogP contribution in [-0.4, -0.2) is 124 Å². The summed E-state index contributed by atoms with van der Waals surface area (Å²) >= 11 is 0. The predicted molar refractivity (Wildman–Crippen MR) is 152 cm³/mol. The van der Waals surface area contributed by atoms with Gasteiger partial charge in [-0.25, -0.2) is 9.78 Å². The van der Waals surface area contributed by atoms with E-state index >= 15 is 0 Å². The molecule has 0 aliphatic carbocycles. The van der Waals surface area contributed by atoms with Crippen molar-refractivity contribution in [1.82, 2.24) is 25.0 Å². The number of hydrogen-bond acceptors (Lipinski definition) is 9. The highest BCUT2D eigenvalue weighted by atomic mass is 16.6. The largest absolute Gasteiger partial charge is 0.483 e. The van der Waals surface area contributed by atoms with Gasteiger partial charge in [-0.15, -0.1) is 0 Å². The number of hydrogen-bond donors (Lipinski definition) is 3. The molecule has 2 fully saturated rings. The number of pyridine rings is 1. The predicted octanol–water partition coefficient (Wildman–Crippen LogP) is 0.861. The molecule has 2 aromatic rings. The standard InChI is InChI=1S/C29H37N5O9/c1-2-42-29(41)33-14-12-32(13-15-33)28(40)22(9-10-26(37)38)31-27(39)23-16-24(20-7-3-4-8-21(20)30-23)43-18-25(36)34-11-5-6-19(35)17-34/h3-4,7-8,16,19,22,35H,2,5-6,9-15,17-18H2,1H3,(H,31,39)(H,37,38)/t19?,22-/m0/s1. The fourth-order valence-corrected chi connectivity index (χ4v) is 5.09. The van der Waals surface area contributed by atoms with Gasteiger partial charge in [-0.1, -0.05) is 12.1 Å². The maximum Gasteiger partial charge on any atom is 0.409 e. The van der Waals surface area contributed by atoms with Crippen molar-refractivity contribution in [2.24, 2.45) is 0 Å². The molecule has 2 saturated heterocycles. The van der Waals surface area contributed by atoms with Crippen LogP contribution < -0.4 is 10.1 Å². The van der Waals surface area contributed by atoms with Gasteiger partial charge >= 0.3 is 12.1 Å². The van der Waals surface area contributed by atoms with E-state index < -0.39 is 36.0 Å². The molecule has 2 atom stereocenters. The summed E-state index contributed by atoms with van der Waals surface area (Å²) in [6.07, 6.45) is -0.220. The van der Waals surface area contributed by atoms with Crippen molar-refractivity contribution in [2.45, 2.75) is 44.8 Å². The minimum absolute atomic E-state index is 0.0743. The molecule has 14 heteroatoms. The van der Waals surface area contributed by atoms with Crippen LogP contribution in [0.15, 0.2) is 30.3 Å². The Balaban J connectivity index is 1.48. The van der Waals surface area contributed by atoms with E-state index in [4.69, 9.17) is 9.47 Å². The Morgan fingerprint density at radius 3 is 2.47 bits per heavy atom. The number of carboxylic acid groups (broad SMARTS) is 1. The molecule has 0 spiro atoms. The number of ether oxygens (including phenoxy) is 2. The van der Waals surface area contributed by atoms with E-state index in [9.17, 15) is 34.2 Å². The van der Waals surface area contributed by atoms with Gasteiger partial charge in [0.2, 0.25) is 5.91 Å². The molecule has 2 aliphatic rings. The van der Waals surface area contributed by atoms with E-state index in [1.807, 2.05) is 0 Å². The quantitative estimate of drug-likeness (QED) is 0.355. The third kappa shape index (κ3) is 8.31. The zero-order chi connectivity index (χ0) is 30.9. The number of aliphatic hydroxyl groups excluding tert-OH is 1. The molecule has 3 heterocycles. The number of para-hydroxylation sites is 1. The fraction of sp³-hybridized carbons (Fsp3) is 0.517. The topological polar surface area (TPSA) is 179 Å². The molecule has 4 rings (SSSR count). The molecule has 232 valence electrons. The summed E-state index contributed by atoms with van der Waals surface area (Å²) in [5, 5.41) is 22.4.